The van der Waals surface area contributed by atoms with Crippen molar-refractivity contribution in [2.45, 2.75) is 37.4 Å². The summed E-state index contributed by atoms with van der Waals surface area (Å²) in [7, 11) is 1.37. The number of hydrogen-bond donors (Lipinski definition) is 1. The molecular formula is C22H31ClN3O4S2-. The Balaban J connectivity index is 0.00000363. The van der Waals surface area contributed by atoms with Crippen LogP contribution in [0, 0.1) is 0 Å². The van der Waals surface area contributed by atoms with Crippen LogP contribution in [-0.2, 0) is 14.3 Å². The van der Waals surface area contributed by atoms with E-state index in [-0.39, 0.29) is 42.3 Å². The van der Waals surface area contributed by atoms with Gasteiger partial charge in [-0.05, 0) is 43.4 Å². The average Bonchev–Trinajstić information content (AvgIpc) is 3.36. The van der Waals surface area contributed by atoms with Crippen LogP contribution in [0.5, 0.6) is 0 Å². The van der Waals surface area contributed by atoms with Gasteiger partial charge in [0.15, 0.2) is 0 Å². The standard InChI is InChI=1S/C22H31N3O4S2.ClH/c1-29-22(28)19(10-13-30-2)25(20(26)16-6-4-3-5-7-16)17-8-11-24(12-9-17)21(27)18-14-31-15-23-18;/h3-7,17-19,23H,8-15H2,1-2H3;1H/p-1/t18?,19-;/m0./s1. The molecule has 0 aliphatic carbocycles. The number of amides is 2. The first-order valence-corrected chi connectivity index (χ1v) is 13.2. The number of thioether (sulfide) groups is 2. The van der Waals surface area contributed by atoms with Crippen molar-refractivity contribution >= 4 is 41.3 Å². The average molecular weight is 501 g/mol. The normalized spacial score (nSPS) is 19.7. The highest BCUT2D eigenvalue weighted by Gasteiger charge is 2.39. The number of ether oxygens (including phenoxy) is 1. The summed E-state index contributed by atoms with van der Waals surface area (Å²) in [5.41, 5.74) is 0.561. The van der Waals surface area contributed by atoms with Crippen molar-refractivity contribution in [3.05, 3.63) is 35.9 Å². The summed E-state index contributed by atoms with van der Waals surface area (Å²) in [5, 5.41) is 3.24. The molecule has 1 N–H and O–H groups in total. The lowest BCUT2D eigenvalue weighted by Crippen LogP contribution is -3.00. The van der Waals surface area contributed by atoms with Crippen LogP contribution in [0.15, 0.2) is 30.3 Å². The second-order valence-electron chi connectivity index (χ2n) is 7.73. The fraction of sp³-hybridized carbons (Fsp3) is 0.591. The van der Waals surface area contributed by atoms with Crippen molar-refractivity contribution in [3.63, 3.8) is 0 Å². The van der Waals surface area contributed by atoms with Gasteiger partial charge in [-0.25, -0.2) is 4.79 Å². The molecule has 7 nitrogen and oxygen atoms in total. The molecule has 0 spiro atoms. The highest BCUT2D eigenvalue weighted by atomic mass is 35.5. The first-order chi connectivity index (χ1) is 15.1. The summed E-state index contributed by atoms with van der Waals surface area (Å²) in [4.78, 5) is 42.6. The molecule has 10 heteroatoms. The number of halogens is 1. The van der Waals surface area contributed by atoms with Crippen LogP contribution in [0.2, 0.25) is 0 Å². The van der Waals surface area contributed by atoms with E-state index < -0.39 is 6.04 Å². The molecule has 2 saturated heterocycles. The topological polar surface area (TPSA) is 79.0 Å². The number of hydrogen-bond acceptors (Lipinski definition) is 7. The predicted octanol–water partition coefficient (Wildman–Crippen LogP) is -0.919. The second kappa shape index (κ2) is 13.3. The van der Waals surface area contributed by atoms with Crippen LogP contribution in [0.3, 0.4) is 0 Å². The molecule has 0 bridgehead atoms. The van der Waals surface area contributed by atoms with Gasteiger partial charge in [0.1, 0.15) is 6.04 Å². The van der Waals surface area contributed by atoms with Crippen LogP contribution in [0.4, 0.5) is 0 Å². The highest BCUT2D eigenvalue weighted by molar-refractivity contribution is 7.99. The largest absolute Gasteiger partial charge is 1.00 e. The minimum Gasteiger partial charge on any atom is -1.00 e. The number of carbonyl (C=O) groups is 3. The number of piperidine rings is 1. The van der Waals surface area contributed by atoms with Crippen LogP contribution in [-0.4, -0.2) is 89.5 Å². The molecule has 32 heavy (non-hydrogen) atoms. The zero-order chi connectivity index (χ0) is 22.2. The van der Waals surface area contributed by atoms with E-state index in [9.17, 15) is 14.4 Å². The van der Waals surface area contributed by atoms with Crippen molar-refractivity contribution in [3.8, 4) is 0 Å². The lowest BCUT2D eigenvalue weighted by molar-refractivity contribution is -0.147. The molecule has 2 heterocycles. The van der Waals surface area contributed by atoms with Gasteiger partial charge in [0.2, 0.25) is 5.91 Å². The third-order valence-corrected chi connectivity index (χ3v) is 7.43. The molecule has 3 rings (SSSR count). The molecule has 2 aliphatic rings. The minimum absolute atomic E-state index is 0. The third-order valence-electron chi connectivity index (χ3n) is 5.84. The third kappa shape index (κ3) is 6.56. The summed E-state index contributed by atoms with van der Waals surface area (Å²) in [6.45, 7) is 1.17. The first-order valence-electron chi connectivity index (χ1n) is 10.6. The van der Waals surface area contributed by atoms with Crippen molar-refractivity contribution in [2.24, 2.45) is 0 Å². The number of esters is 1. The Morgan fingerprint density at radius 1 is 1.25 bits per heavy atom. The highest BCUT2D eigenvalue weighted by Crippen LogP contribution is 2.25. The van der Waals surface area contributed by atoms with E-state index in [1.807, 2.05) is 29.4 Å². The zero-order valence-electron chi connectivity index (χ0n) is 18.5. The van der Waals surface area contributed by atoms with E-state index in [2.05, 4.69) is 5.32 Å². The van der Waals surface area contributed by atoms with Gasteiger partial charge in [0, 0.05) is 36.3 Å². The number of likely N-dealkylation sites (tertiary alicyclic amines) is 1. The van der Waals surface area contributed by atoms with Gasteiger partial charge >= 0.3 is 5.97 Å². The molecule has 178 valence electrons. The van der Waals surface area contributed by atoms with Gasteiger partial charge < -0.3 is 26.9 Å². The first kappa shape index (κ1) is 26.8. The van der Waals surface area contributed by atoms with E-state index in [4.69, 9.17) is 4.74 Å². The maximum atomic E-state index is 13.5. The van der Waals surface area contributed by atoms with Crippen molar-refractivity contribution < 1.29 is 31.5 Å². The van der Waals surface area contributed by atoms with Crippen LogP contribution >= 0.6 is 23.5 Å². The van der Waals surface area contributed by atoms with Crippen molar-refractivity contribution in [2.75, 3.05) is 43.8 Å². The van der Waals surface area contributed by atoms with Crippen LogP contribution in [0.25, 0.3) is 0 Å². The van der Waals surface area contributed by atoms with E-state index in [0.29, 0.717) is 37.9 Å². The molecule has 1 aromatic rings. The molecule has 1 unspecified atom stereocenters. The smallest absolute Gasteiger partial charge is 0.328 e. The van der Waals surface area contributed by atoms with E-state index in [0.717, 1.165) is 17.4 Å². The molecule has 2 fully saturated rings. The molecule has 0 aromatic heterocycles. The SMILES string of the molecule is COC(=O)[C@H](CCSC)N(C(=O)c1ccccc1)C1CCN(C(=O)C2CSCN2)CC1.[Cl-]. The number of nitrogens with zero attached hydrogens (tertiary/aromatic N) is 2. The van der Waals surface area contributed by atoms with Gasteiger partial charge in [0.05, 0.1) is 13.2 Å². The fourth-order valence-corrected chi connectivity index (χ4v) is 5.56. The van der Waals surface area contributed by atoms with E-state index in [1.54, 1.807) is 40.6 Å². The van der Waals surface area contributed by atoms with E-state index >= 15 is 0 Å². The Labute approximate surface area is 204 Å². The molecular weight excluding hydrogens is 470 g/mol. The predicted molar refractivity (Wildman–Crippen MR) is 125 cm³/mol. The lowest BCUT2D eigenvalue weighted by atomic mass is 9.98. The van der Waals surface area contributed by atoms with Gasteiger partial charge in [-0.3, -0.25) is 14.9 Å². The molecule has 2 aliphatic heterocycles. The van der Waals surface area contributed by atoms with Gasteiger partial charge in [0.25, 0.3) is 5.91 Å². The van der Waals surface area contributed by atoms with Crippen molar-refractivity contribution in [1.29, 1.82) is 0 Å². The van der Waals surface area contributed by atoms with Crippen LogP contribution < -0.4 is 17.7 Å². The minimum atomic E-state index is -0.634. The van der Waals surface area contributed by atoms with Gasteiger partial charge in [-0.15, -0.1) is 11.8 Å². The number of benzene rings is 1. The van der Waals surface area contributed by atoms with Crippen molar-refractivity contribution in [1.82, 2.24) is 15.1 Å². The summed E-state index contributed by atoms with van der Waals surface area (Å²) in [6.07, 6.45) is 3.82. The second-order valence-corrected chi connectivity index (χ2v) is 9.74. The maximum absolute atomic E-state index is 13.5. The quantitative estimate of drug-likeness (QED) is 0.462. The number of rotatable bonds is 8. The molecule has 2 atom stereocenters. The summed E-state index contributed by atoms with van der Waals surface area (Å²) in [6, 6.07) is 8.21. The molecule has 0 saturated carbocycles. The number of carbonyl (C=O) groups excluding carboxylic acids is 3. The Morgan fingerprint density at radius 3 is 2.50 bits per heavy atom. The molecule has 1 aromatic carbocycles. The number of methoxy groups -OCH3 is 1. The molecule has 2 amide bonds. The Hall–Kier alpha value is -1.42. The number of nitrogens with one attached hydrogen (secondary N) is 1. The van der Waals surface area contributed by atoms with Crippen LogP contribution in [0.1, 0.15) is 29.6 Å². The maximum Gasteiger partial charge on any atom is 0.328 e. The van der Waals surface area contributed by atoms with Gasteiger partial charge in [-0.1, -0.05) is 18.2 Å². The Morgan fingerprint density at radius 2 is 1.94 bits per heavy atom. The monoisotopic (exact) mass is 500 g/mol. The zero-order valence-corrected chi connectivity index (χ0v) is 20.9. The Kier molecular flexibility index (Phi) is 11.2. The molecule has 0 radical (unpaired) electrons. The summed E-state index contributed by atoms with van der Waals surface area (Å²) < 4.78 is 5.08. The van der Waals surface area contributed by atoms with E-state index in [1.165, 1.54) is 7.11 Å². The lowest BCUT2D eigenvalue weighted by Gasteiger charge is -2.42. The van der Waals surface area contributed by atoms with Gasteiger partial charge in [-0.2, -0.15) is 11.8 Å². The fourth-order valence-electron chi connectivity index (χ4n) is 4.17. The Bertz CT molecular complexity index is 757. The summed E-state index contributed by atoms with van der Waals surface area (Å²) >= 11 is 3.37. The summed E-state index contributed by atoms with van der Waals surface area (Å²) in [5.74, 6) is 1.95.